The highest BCUT2D eigenvalue weighted by atomic mass is 15.3. The predicted octanol–water partition coefficient (Wildman–Crippen LogP) is 3.32. The average molecular weight is 381 g/mol. The Morgan fingerprint density at radius 1 is 1.00 bits per heavy atom. The third-order valence-electron chi connectivity index (χ3n) is 5.50. The first-order valence-electron chi connectivity index (χ1n) is 9.64. The third-order valence-corrected chi connectivity index (χ3v) is 5.50. The fraction of sp³-hybridized carbons (Fsp3) is 0.136. The summed E-state index contributed by atoms with van der Waals surface area (Å²) in [5.41, 5.74) is 11.7. The minimum atomic E-state index is 0.224. The molecule has 29 heavy (non-hydrogen) atoms. The molecule has 3 aromatic heterocycles. The number of aromatic nitrogens is 5. The van der Waals surface area contributed by atoms with Crippen LogP contribution in [0.1, 0.15) is 0 Å². The van der Waals surface area contributed by atoms with Crippen LogP contribution < -0.4 is 10.6 Å². The quantitative estimate of drug-likeness (QED) is 0.445. The fourth-order valence-electron chi connectivity index (χ4n) is 3.93. The molecule has 142 valence electrons. The van der Waals surface area contributed by atoms with Crippen LogP contribution >= 0.6 is 0 Å². The van der Waals surface area contributed by atoms with Crippen LogP contribution in [0.15, 0.2) is 60.9 Å². The van der Waals surface area contributed by atoms with Crippen molar-refractivity contribution in [2.45, 2.75) is 6.04 Å². The van der Waals surface area contributed by atoms with E-state index >= 15 is 0 Å². The summed E-state index contributed by atoms with van der Waals surface area (Å²) in [5, 5.41) is 9.91. The van der Waals surface area contributed by atoms with Gasteiger partial charge in [0.05, 0.1) is 29.3 Å². The number of para-hydroxylation sites is 1. The molecule has 1 aliphatic heterocycles. The van der Waals surface area contributed by atoms with Gasteiger partial charge in [-0.1, -0.05) is 24.3 Å². The Bertz CT molecular complexity index is 1310. The van der Waals surface area contributed by atoms with Crippen LogP contribution in [0.5, 0.6) is 0 Å². The van der Waals surface area contributed by atoms with Gasteiger partial charge in [0.25, 0.3) is 0 Å². The van der Waals surface area contributed by atoms with Crippen molar-refractivity contribution in [2.24, 2.45) is 5.73 Å². The molecule has 5 aromatic rings. The van der Waals surface area contributed by atoms with Crippen LogP contribution in [-0.2, 0) is 0 Å². The van der Waals surface area contributed by atoms with E-state index in [1.54, 1.807) is 12.4 Å². The third kappa shape index (κ3) is 2.67. The predicted molar refractivity (Wildman–Crippen MR) is 115 cm³/mol. The summed E-state index contributed by atoms with van der Waals surface area (Å²) < 4.78 is 0. The molecule has 4 heterocycles. The Balaban J connectivity index is 1.43. The molecule has 1 saturated heterocycles. The summed E-state index contributed by atoms with van der Waals surface area (Å²) in [6.07, 6.45) is 3.59. The van der Waals surface area contributed by atoms with Crippen LogP contribution in [-0.4, -0.2) is 44.3 Å². The van der Waals surface area contributed by atoms with E-state index in [0.717, 1.165) is 58.0 Å². The van der Waals surface area contributed by atoms with E-state index in [4.69, 9.17) is 10.7 Å². The number of hydrogen-bond acceptors (Lipinski definition) is 5. The van der Waals surface area contributed by atoms with Gasteiger partial charge in [0.1, 0.15) is 11.5 Å². The first-order chi connectivity index (χ1) is 14.2. The second-order valence-corrected chi connectivity index (χ2v) is 7.53. The molecular formula is C22H19N7. The van der Waals surface area contributed by atoms with Gasteiger partial charge in [0.15, 0.2) is 0 Å². The van der Waals surface area contributed by atoms with Crippen LogP contribution in [0.4, 0.5) is 5.82 Å². The second-order valence-electron chi connectivity index (χ2n) is 7.53. The maximum absolute atomic E-state index is 5.90. The first kappa shape index (κ1) is 16.3. The minimum Gasteiger partial charge on any atom is -0.353 e. The van der Waals surface area contributed by atoms with Crippen molar-refractivity contribution in [2.75, 3.05) is 18.0 Å². The summed E-state index contributed by atoms with van der Waals surface area (Å²) in [5.74, 6) is 0.868. The van der Waals surface area contributed by atoms with E-state index in [0.29, 0.717) is 0 Å². The molecule has 0 amide bonds. The van der Waals surface area contributed by atoms with Gasteiger partial charge >= 0.3 is 0 Å². The molecule has 2 aromatic carbocycles. The van der Waals surface area contributed by atoms with Gasteiger partial charge in [-0.25, -0.2) is 4.98 Å². The molecule has 0 bridgehead atoms. The molecule has 0 aliphatic carbocycles. The fourth-order valence-corrected chi connectivity index (χ4v) is 3.93. The minimum absolute atomic E-state index is 0.224. The number of benzene rings is 2. The molecule has 0 atom stereocenters. The van der Waals surface area contributed by atoms with Crippen molar-refractivity contribution in [1.29, 1.82) is 0 Å². The Hall–Kier alpha value is -3.71. The Morgan fingerprint density at radius 3 is 2.76 bits per heavy atom. The van der Waals surface area contributed by atoms with Gasteiger partial charge in [0.2, 0.25) is 0 Å². The Morgan fingerprint density at radius 2 is 1.90 bits per heavy atom. The van der Waals surface area contributed by atoms with Crippen molar-refractivity contribution in [3.8, 4) is 22.6 Å². The van der Waals surface area contributed by atoms with Gasteiger partial charge in [0, 0.05) is 41.0 Å². The molecule has 0 spiro atoms. The van der Waals surface area contributed by atoms with E-state index in [9.17, 15) is 0 Å². The van der Waals surface area contributed by atoms with E-state index < -0.39 is 0 Å². The van der Waals surface area contributed by atoms with Gasteiger partial charge in [-0.05, 0) is 24.3 Å². The van der Waals surface area contributed by atoms with Gasteiger partial charge < -0.3 is 15.6 Å². The normalized spacial score (nSPS) is 14.6. The summed E-state index contributed by atoms with van der Waals surface area (Å²) in [4.78, 5) is 14.8. The molecule has 0 unspecified atom stereocenters. The second kappa shape index (κ2) is 6.15. The van der Waals surface area contributed by atoms with Crippen LogP contribution in [0.25, 0.3) is 44.5 Å². The Kier molecular flexibility index (Phi) is 3.45. The zero-order valence-electron chi connectivity index (χ0n) is 15.6. The van der Waals surface area contributed by atoms with Crippen LogP contribution in [0, 0.1) is 0 Å². The Labute approximate surface area is 166 Å². The number of anilines is 1. The number of H-pyrrole nitrogens is 2. The highest BCUT2D eigenvalue weighted by Crippen LogP contribution is 2.31. The molecular weight excluding hydrogens is 362 g/mol. The van der Waals surface area contributed by atoms with Gasteiger partial charge in [-0.3, -0.25) is 10.1 Å². The number of nitrogens with two attached hydrogens (primary N) is 1. The number of aromatic amines is 2. The van der Waals surface area contributed by atoms with E-state index in [1.165, 1.54) is 5.39 Å². The average Bonchev–Trinajstić information content (AvgIpc) is 3.34. The van der Waals surface area contributed by atoms with Crippen LogP contribution in [0.3, 0.4) is 0 Å². The number of hydrogen-bond donors (Lipinski definition) is 3. The number of rotatable bonds is 3. The topological polar surface area (TPSA) is 99.5 Å². The lowest BCUT2D eigenvalue weighted by Gasteiger charge is -2.37. The van der Waals surface area contributed by atoms with Crippen molar-refractivity contribution >= 4 is 27.6 Å². The molecule has 4 N–H and O–H groups in total. The molecule has 7 nitrogen and oxygen atoms in total. The summed E-state index contributed by atoms with van der Waals surface area (Å²) >= 11 is 0. The van der Waals surface area contributed by atoms with Gasteiger partial charge in [-0.2, -0.15) is 5.10 Å². The SMILES string of the molecule is NC1CN(c2cncc(-c3ccc4[nH]nc(-c5cc6ccccc6[nH]5)c4c3)n2)C1. The molecule has 1 aliphatic rings. The van der Waals surface area contributed by atoms with Crippen LogP contribution in [0.2, 0.25) is 0 Å². The molecule has 6 rings (SSSR count). The number of fused-ring (bicyclic) bond motifs is 2. The molecule has 0 radical (unpaired) electrons. The van der Waals surface area contributed by atoms with Crippen molar-refractivity contribution in [3.05, 3.63) is 60.9 Å². The summed E-state index contributed by atoms with van der Waals surface area (Å²) in [7, 11) is 0. The number of nitrogens with zero attached hydrogens (tertiary/aromatic N) is 4. The van der Waals surface area contributed by atoms with E-state index in [2.05, 4.69) is 49.3 Å². The molecule has 1 fully saturated rings. The lowest BCUT2D eigenvalue weighted by atomic mass is 10.1. The standard InChI is InChI=1S/C22H19N7/c23-15-11-29(12-15)21-10-24-9-20(26-21)14-5-6-18-16(7-14)22(28-27-18)19-8-13-3-1-2-4-17(13)25-19/h1-10,15,25H,11-12,23H2,(H,27,28). The maximum Gasteiger partial charge on any atom is 0.147 e. The summed E-state index contributed by atoms with van der Waals surface area (Å²) in [6.45, 7) is 1.65. The largest absolute Gasteiger partial charge is 0.353 e. The monoisotopic (exact) mass is 381 g/mol. The summed E-state index contributed by atoms with van der Waals surface area (Å²) in [6, 6.07) is 16.8. The smallest absolute Gasteiger partial charge is 0.147 e. The van der Waals surface area contributed by atoms with Crippen molar-refractivity contribution in [3.63, 3.8) is 0 Å². The molecule has 7 heteroatoms. The lowest BCUT2D eigenvalue weighted by Crippen LogP contribution is -2.56. The highest BCUT2D eigenvalue weighted by molar-refractivity contribution is 5.97. The van der Waals surface area contributed by atoms with Gasteiger partial charge in [-0.15, -0.1) is 0 Å². The number of nitrogens with one attached hydrogen (secondary N) is 2. The maximum atomic E-state index is 5.90. The zero-order valence-corrected chi connectivity index (χ0v) is 15.6. The highest BCUT2D eigenvalue weighted by Gasteiger charge is 2.24. The van der Waals surface area contributed by atoms with E-state index in [1.807, 2.05) is 24.3 Å². The van der Waals surface area contributed by atoms with Crippen molar-refractivity contribution in [1.82, 2.24) is 25.1 Å². The zero-order chi connectivity index (χ0) is 19.4. The van der Waals surface area contributed by atoms with E-state index in [-0.39, 0.29) is 6.04 Å². The van der Waals surface area contributed by atoms with Crippen molar-refractivity contribution < 1.29 is 0 Å². The lowest BCUT2D eigenvalue weighted by molar-refractivity contribution is 0.514. The first-order valence-corrected chi connectivity index (χ1v) is 9.64. The molecule has 0 saturated carbocycles.